The number of hydrogen-bond donors (Lipinski definition) is 0. The number of halogens is 1. The average molecular weight is 242 g/mol. The van der Waals surface area contributed by atoms with Gasteiger partial charge < -0.3 is 0 Å². The van der Waals surface area contributed by atoms with Gasteiger partial charge in [-0.25, -0.2) is 0 Å². The molecule has 0 fully saturated rings. The number of benzene rings is 1. The number of nitro benzene ring substituents is 1. The second kappa shape index (κ2) is 4.22. The molecule has 1 aromatic carbocycles. The van der Waals surface area contributed by atoms with E-state index in [0.29, 0.717) is 0 Å². The topological polar surface area (TPSA) is 60.2 Å². The Morgan fingerprint density at radius 2 is 1.94 bits per heavy atom. The lowest BCUT2D eigenvalue weighted by molar-refractivity contribution is -0.384. The molecule has 5 heteroatoms. The van der Waals surface area contributed by atoms with Crippen molar-refractivity contribution in [2.24, 2.45) is 5.41 Å². The van der Waals surface area contributed by atoms with Gasteiger partial charge in [0.2, 0.25) is 0 Å². The van der Waals surface area contributed by atoms with E-state index in [1.807, 2.05) is 0 Å². The van der Waals surface area contributed by atoms with Crippen LogP contribution in [0.25, 0.3) is 0 Å². The molecule has 0 saturated heterocycles. The van der Waals surface area contributed by atoms with Crippen LogP contribution in [0.15, 0.2) is 18.2 Å². The molecule has 0 spiro atoms. The van der Waals surface area contributed by atoms with Crippen LogP contribution in [-0.2, 0) is 0 Å². The Kier molecular flexibility index (Phi) is 3.33. The Hall–Kier alpha value is -1.42. The molecular weight excluding hydrogens is 230 g/mol. The zero-order chi connectivity index (χ0) is 12.5. The molecular formula is C11H12ClNO3. The normalized spacial score (nSPS) is 11.2. The first-order valence-corrected chi connectivity index (χ1v) is 5.10. The molecule has 0 bridgehead atoms. The summed E-state index contributed by atoms with van der Waals surface area (Å²) in [6.07, 6.45) is 0. The van der Waals surface area contributed by atoms with Crippen molar-refractivity contribution in [3.8, 4) is 0 Å². The maximum atomic E-state index is 12.0. The minimum Gasteiger partial charge on any atom is -0.294 e. The molecule has 1 aromatic rings. The van der Waals surface area contributed by atoms with Crippen molar-refractivity contribution in [1.29, 1.82) is 0 Å². The fourth-order valence-electron chi connectivity index (χ4n) is 1.20. The van der Waals surface area contributed by atoms with Gasteiger partial charge in [-0.15, -0.1) is 0 Å². The van der Waals surface area contributed by atoms with E-state index in [-0.39, 0.29) is 22.1 Å². The number of rotatable bonds is 2. The van der Waals surface area contributed by atoms with E-state index in [9.17, 15) is 14.9 Å². The third-order valence-corrected chi connectivity index (χ3v) is 2.42. The van der Waals surface area contributed by atoms with Gasteiger partial charge in [-0.05, 0) is 6.07 Å². The van der Waals surface area contributed by atoms with Crippen LogP contribution in [0.1, 0.15) is 31.1 Å². The number of nitro groups is 1. The molecule has 0 amide bonds. The summed E-state index contributed by atoms with van der Waals surface area (Å²) in [7, 11) is 0. The quantitative estimate of drug-likeness (QED) is 0.452. The number of non-ortho nitro benzene ring substituents is 1. The highest BCUT2D eigenvalue weighted by atomic mass is 35.5. The Morgan fingerprint density at radius 3 is 2.38 bits per heavy atom. The van der Waals surface area contributed by atoms with E-state index in [1.54, 1.807) is 20.8 Å². The summed E-state index contributed by atoms with van der Waals surface area (Å²) in [6, 6.07) is 3.87. The fourth-order valence-corrected chi connectivity index (χ4v) is 1.41. The van der Waals surface area contributed by atoms with Crippen molar-refractivity contribution in [1.82, 2.24) is 0 Å². The highest BCUT2D eigenvalue weighted by molar-refractivity contribution is 6.34. The van der Waals surface area contributed by atoms with Crippen LogP contribution >= 0.6 is 11.6 Å². The van der Waals surface area contributed by atoms with Crippen molar-refractivity contribution in [2.45, 2.75) is 20.8 Å². The third kappa shape index (κ3) is 2.58. The fraction of sp³-hybridized carbons (Fsp3) is 0.364. The number of nitrogens with zero attached hydrogens (tertiary/aromatic N) is 1. The first-order chi connectivity index (χ1) is 7.23. The van der Waals surface area contributed by atoms with E-state index >= 15 is 0 Å². The summed E-state index contributed by atoms with van der Waals surface area (Å²) < 4.78 is 0. The molecule has 0 aliphatic carbocycles. The number of carbonyl (C=O) groups excluding carboxylic acids is 1. The largest absolute Gasteiger partial charge is 0.294 e. The van der Waals surface area contributed by atoms with Gasteiger partial charge in [-0.2, -0.15) is 0 Å². The molecule has 0 atom stereocenters. The van der Waals surface area contributed by atoms with Gasteiger partial charge in [-0.3, -0.25) is 14.9 Å². The highest BCUT2D eigenvalue weighted by Gasteiger charge is 2.26. The smallest absolute Gasteiger partial charge is 0.270 e. The summed E-state index contributed by atoms with van der Waals surface area (Å²) >= 11 is 5.86. The van der Waals surface area contributed by atoms with Crippen LogP contribution in [-0.4, -0.2) is 10.7 Å². The van der Waals surface area contributed by atoms with Gasteiger partial charge in [-0.1, -0.05) is 32.4 Å². The number of carbonyl (C=O) groups is 1. The van der Waals surface area contributed by atoms with Crippen LogP contribution in [0, 0.1) is 15.5 Å². The predicted molar refractivity (Wildman–Crippen MR) is 61.9 cm³/mol. The lowest BCUT2D eigenvalue weighted by atomic mass is 9.86. The number of Topliss-reactive ketones (excluding diaryl/α,β-unsaturated/α-hetero) is 1. The third-order valence-electron chi connectivity index (χ3n) is 2.09. The van der Waals surface area contributed by atoms with Gasteiger partial charge in [0.1, 0.15) is 0 Å². The first kappa shape index (κ1) is 12.6. The van der Waals surface area contributed by atoms with E-state index in [1.165, 1.54) is 18.2 Å². The van der Waals surface area contributed by atoms with Crippen molar-refractivity contribution in [2.75, 3.05) is 0 Å². The van der Waals surface area contributed by atoms with E-state index in [2.05, 4.69) is 0 Å². The van der Waals surface area contributed by atoms with Crippen LogP contribution in [0.5, 0.6) is 0 Å². The van der Waals surface area contributed by atoms with Crippen LogP contribution in [0.4, 0.5) is 5.69 Å². The van der Waals surface area contributed by atoms with Gasteiger partial charge in [0.05, 0.1) is 9.95 Å². The van der Waals surface area contributed by atoms with Crippen LogP contribution < -0.4 is 0 Å². The molecule has 0 N–H and O–H groups in total. The zero-order valence-corrected chi connectivity index (χ0v) is 10.0. The summed E-state index contributed by atoms with van der Waals surface area (Å²) in [5.41, 5.74) is -0.542. The predicted octanol–water partition coefficient (Wildman–Crippen LogP) is 3.48. The minimum absolute atomic E-state index is 0.128. The highest BCUT2D eigenvalue weighted by Crippen LogP contribution is 2.28. The maximum absolute atomic E-state index is 12.0. The van der Waals surface area contributed by atoms with Crippen molar-refractivity contribution in [3.05, 3.63) is 38.9 Å². The Balaban J connectivity index is 3.28. The van der Waals surface area contributed by atoms with Gasteiger partial charge >= 0.3 is 0 Å². The molecule has 16 heavy (non-hydrogen) atoms. The number of ketones is 1. The lowest BCUT2D eigenvalue weighted by Gasteiger charge is -2.17. The van der Waals surface area contributed by atoms with Crippen molar-refractivity contribution < 1.29 is 9.72 Å². The monoisotopic (exact) mass is 241 g/mol. The van der Waals surface area contributed by atoms with Crippen molar-refractivity contribution >= 4 is 23.1 Å². The van der Waals surface area contributed by atoms with E-state index in [4.69, 9.17) is 11.6 Å². The van der Waals surface area contributed by atoms with Gasteiger partial charge in [0, 0.05) is 23.1 Å². The summed E-state index contributed by atoms with van der Waals surface area (Å²) in [5, 5.41) is 10.8. The molecule has 0 saturated carbocycles. The second-order valence-corrected chi connectivity index (χ2v) is 4.91. The Bertz CT molecular complexity index is 449. The van der Waals surface area contributed by atoms with E-state index in [0.717, 1.165) is 0 Å². The SMILES string of the molecule is CC(C)(C)C(=O)c1cc([N+](=O)[O-])ccc1Cl. The molecule has 0 radical (unpaired) electrons. The summed E-state index contributed by atoms with van der Waals surface area (Å²) in [5.74, 6) is -0.207. The molecule has 0 aliphatic rings. The van der Waals surface area contributed by atoms with E-state index < -0.39 is 10.3 Å². The van der Waals surface area contributed by atoms with Crippen LogP contribution in [0.2, 0.25) is 5.02 Å². The Morgan fingerprint density at radius 1 is 1.38 bits per heavy atom. The molecule has 0 unspecified atom stereocenters. The molecule has 4 nitrogen and oxygen atoms in total. The molecule has 1 rings (SSSR count). The molecule has 0 aromatic heterocycles. The standard InChI is InChI=1S/C11H12ClNO3/c1-11(2,3)10(14)8-6-7(13(15)16)4-5-9(8)12/h4-6H,1-3H3. The van der Waals surface area contributed by atoms with Gasteiger partial charge in [0.25, 0.3) is 5.69 Å². The second-order valence-electron chi connectivity index (χ2n) is 4.50. The van der Waals surface area contributed by atoms with Crippen LogP contribution in [0.3, 0.4) is 0 Å². The van der Waals surface area contributed by atoms with Gasteiger partial charge in [0.15, 0.2) is 5.78 Å². The first-order valence-electron chi connectivity index (χ1n) is 4.72. The molecule has 86 valence electrons. The minimum atomic E-state index is -0.612. The zero-order valence-electron chi connectivity index (χ0n) is 9.28. The number of hydrogen-bond acceptors (Lipinski definition) is 3. The van der Waals surface area contributed by atoms with Crippen molar-refractivity contribution in [3.63, 3.8) is 0 Å². The Labute approximate surface area is 98.4 Å². The lowest BCUT2D eigenvalue weighted by Crippen LogP contribution is -2.20. The molecule has 0 aliphatic heterocycles. The maximum Gasteiger partial charge on any atom is 0.270 e. The molecule has 0 heterocycles. The average Bonchev–Trinajstić information content (AvgIpc) is 2.15. The summed E-state index contributed by atoms with van der Waals surface area (Å²) in [4.78, 5) is 22.0. The summed E-state index contributed by atoms with van der Waals surface area (Å²) in [6.45, 7) is 5.22.